The number of benzene rings is 1. The van der Waals surface area contributed by atoms with Crippen molar-refractivity contribution in [3.8, 4) is 0 Å². The molecule has 0 aromatic heterocycles. The zero-order valence-electron chi connectivity index (χ0n) is 10.3. The normalized spacial score (nSPS) is 12.7. The van der Waals surface area contributed by atoms with Crippen LogP contribution in [0.25, 0.3) is 0 Å². The Kier molecular flexibility index (Phi) is 4.31. The van der Waals surface area contributed by atoms with Gasteiger partial charge in [0.1, 0.15) is 10.7 Å². The lowest BCUT2D eigenvalue weighted by molar-refractivity contribution is 0.246. The number of hydrogen-bond acceptors (Lipinski definition) is 4. The topological polar surface area (TPSA) is 92.4 Å². The molecular weight excluding hydrogens is 259 g/mol. The Hall–Kier alpha value is -1.18. The number of nitrogens with two attached hydrogens (primary N) is 1. The van der Waals surface area contributed by atoms with Crippen molar-refractivity contribution in [2.24, 2.45) is 0 Å². The van der Waals surface area contributed by atoms with Crippen LogP contribution in [-0.2, 0) is 10.0 Å². The van der Waals surface area contributed by atoms with Gasteiger partial charge in [-0.15, -0.1) is 0 Å². The Balaban J connectivity index is 3.11. The van der Waals surface area contributed by atoms with Crippen molar-refractivity contribution in [3.05, 3.63) is 24.0 Å². The lowest BCUT2D eigenvalue weighted by atomic mass is 10.0. The lowest BCUT2D eigenvalue weighted by Gasteiger charge is -2.25. The molecule has 1 aromatic rings. The second kappa shape index (κ2) is 5.21. The molecule has 1 rings (SSSR count). The molecule has 7 heteroatoms. The summed E-state index contributed by atoms with van der Waals surface area (Å²) in [4.78, 5) is -0.298. The van der Waals surface area contributed by atoms with Gasteiger partial charge in [-0.1, -0.05) is 0 Å². The zero-order valence-corrected chi connectivity index (χ0v) is 11.1. The standard InChI is InChI=1S/C11H17FN2O3S/c1-11(2,5-6-15)14-18(16,17)10-7-8(12)3-4-9(10)13/h3-4,7,14-15H,5-6,13H2,1-2H3. The Morgan fingerprint density at radius 1 is 1.44 bits per heavy atom. The van der Waals surface area contributed by atoms with E-state index in [2.05, 4.69) is 4.72 Å². The van der Waals surface area contributed by atoms with Crippen molar-refractivity contribution in [3.63, 3.8) is 0 Å². The van der Waals surface area contributed by atoms with Gasteiger partial charge in [-0.05, 0) is 38.5 Å². The Labute approximate surface area is 106 Å². The molecule has 0 aliphatic carbocycles. The van der Waals surface area contributed by atoms with E-state index in [1.807, 2.05) is 0 Å². The number of anilines is 1. The van der Waals surface area contributed by atoms with Crippen LogP contribution in [0.15, 0.2) is 23.1 Å². The number of sulfonamides is 1. The summed E-state index contributed by atoms with van der Waals surface area (Å²) in [6, 6.07) is 3.16. The Morgan fingerprint density at radius 3 is 2.61 bits per heavy atom. The molecular formula is C11H17FN2O3S. The van der Waals surface area contributed by atoms with Gasteiger partial charge < -0.3 is 10.8 Å². The minimum Gasteiger partial charge on any atom is -0.398 e. The van der Waals surface area contributed by atoms with Crippen molar-refractivity contribution in [2.45, 2.75) is 30.7 Å². The van der Waals surface area contributed by atoms with Gasteiger partial charge in [-0.25, -0.2) is 17.5 Å². The molecule has 5 nitrogen and oxygen atoms in total. The van der Waals surface area contributed by atoms with Gasteiger partial charge in [-0.3, -0.25) is 0 Å². The molecule has 4 N–H and O–H groups in total. The minimum atomic E-state index is -3.92. The first-order valence-electron chi connectivity index (χ1n) is 5.38. The van der Waals surface area contributed by atoms with Gasteiger partial charge in [0.05, 0.1) is 5.69 Å². The number of nitrogens with one attached hydrogen (secondary N) is 1. The number of rotatable bonds is 5. The van der Waals surface area contributed by atoms with Gasteiger partial charge in [0, 0.05) is 12.1 Å². The van der Waals surface area contributed by atoms with Crippen molar-refractivity contribution in [2.75, 3.05) is 12.3 Å². The van der Waals surface area contributed by atoms with Crippen LogP contribution in [0.2, 0.25) is 0 Å². The molecule has 0 bridgehead atoms. The first-order chi connectivity index (χ1) is 8.18. The van der Waals surface area contributed by atoms with Crippen LogP contribution in [-0.4, -0.2) is 25.7 Å². The molecule has 0 atom stereocenters. The third-order valence-corrected chi connectivity index (χ3v) is 4.17. The smallest absolute Gasteiger partial charge is 0.243 e. The fraction of sp³-hybridized carbons (Fsp3) is 0.455. The van der Waals surface area contributed by atoms with Crippen LogP contribution in [0, 0.1) is 5.82 Å². The Bertz CT molecular complexity index is 529. The molecule has 0 radical (unpaired) electrons. The number of halogens is 1. The predicted molar refractivity (Wildman–Crippen MR) is 66.9 cm³/mol. The molecule has 0 heterocycles. The maximum atomic E-state index is 13.1. The number of aliphatic hydroxyl groups excluding tert-OH is 1. The highest BCUT2D eigenvalue weighted by Gasteiger charge is 2.27. The summed E-state index contributed by atoms with van der Waals surface area (Å²) in [6.45, 7) is 3.08. The van der Waals surface area contributed by atoms with Crippen molar-refractivity contribution in [1.82, 2.24) is 4.72 Å². The molecule has 0 fully saturated rings. The third-order valence-electron chi connectivity index (χ3n) is 2.41. The van der Waals surface area contributed by atoms with E-state index in [1.165, 1.54) is 6.07 Å². The SMILES string of the molecule is CC(C)(CCO)NS(=O)(=O)c1cc(F)ccc1N. The fourth-order valence-electron chi connectivity index (χ4n) is 1.49. The van der Waals surface area contributed by atoms with Crippen LogP contribution in [0.5, 0.6) is 0 Å². The lowest BCUT2D eigenvalue weighted by Crippen LogP contribution is -2.44. The first kappa shape index (κ1) is 14.9. The summed E-state index contributed by atoms with van der Waals surface area (Å²) < 4.78 is 39.6. The van der Waals surface area contributed by atoms with Crippen LogP contribution in [0.4, 0.5) is 10.1 Å². The van der Waals surface area contributed by atoms with E-state index in [-0.39, 0.29) is 23.6 Å². The van der Waals surface area contributed by atoms with E-state index in [0.29, 0.717) is 0 Å². The van der Waals surface area contributed by atoms with E-state index in [0.717, 1.165) is 12.1 Å². The molecule has 0 saturated heterocycles. The average Bonchev–Trinajstić information content (AvgIpc) is 2.19. The predicted octanol–water partition coefficient (Wildman–Crippen LogP) is 0.847. The van der Waals surface area contributed by atoms with Crippen molar-refractivity contribution >= 4 is 15.7 Å². The van der Waals surface area contributed by atoms with E-state index in [4.69, 9.17) is 10.8 Å². The van der Waals surface area contributed by atoms with Gasteiger partial charge in [0.15, 0.2) is 0 Å². The molecule has 1 aromatic carbocycles. The molecule has 0 aliphatic heterocycles. The Morgan fingerprint density at radius 2 is 2.06 bits per heavy atom. The minimum absolute atomic E-state index is 0.0244. The van der Waals surface area contributed by atoms with Gasteiger partial charge in [-0.2, -0.15) is 0 Å². The second-order valence-corrected chi connectivity index (χ2v) is 6.30. The number of hydrogen-bond donors (Lipinski definition) is 3. The van der Waals surface area contributed by atoms with Gasteiger partial charge in [0.25, 0.3) is 0 Å². The molecule has 0 spiro atoms. The first-order valence-corrected chi connectivity index (χ1v) is 6.86. The molecule has 0 amide bonds. The molecule has 102 valence electrons. The summed E-state index contributed by atoms with van der Waals surface area (Å²) in [5, 5.41) is 8.85. The van der Waals surface area contributed by atoms with Crippen LogP contribution >= 0.6 is 0 Å². The van der Waals surface area contributed by atoms with Crippen LogP contribution in [0.3, 0.4) is 0 Å². The maximum absolute atomic E-state index is 13.1. The highest BCUT2D eigenvalue weighted by Crippen LogP contribution is 2.21. The molecule has 18 heavy (non-hydrogen) atoms. The van der Waals surface area contributed by atoms with E-state index >= 15 is 0 Å². The quantitative estimate of drug-likeness (QED) is 0.695. The van der Waals surface area contributed by atoms with E-state index in [1.54, 1.807) is 13.8 Å². The summed E-state index contributed by atoms with van der Waals surface area (Å²) in [6.07, 6.45) is 0.238. The third kappa shape index (κ3) is 3.66. The monoisotopic (exact) mass is 276 g/mol. The van der Waals surface area contributed by atoms with Crippen molar-refractivity contribution < 1.29 is 17.9 Å². The largest absolute Gasteiger partial charge is 0.398 e. The van der Waals surface area contributed by atoms with Crippen LogP contribution < -0.4 is 10.5 Å². The highest BCUT2D eigenvalue weighted by atomic mass is 32.2. The summed E-state index contributed by atoms with van der Waals surface area (Å²) >= 11 is 0. The average molecular weight is 276 g/mol. The fourth-order valence-corrected chi connectivity index (χ4v) is 3.08. The zero-order chi connectivity index (χ0) is 14.0. The van der Waals surface area contributed by atoms with Gasteiger partial charge >= 0.3 is 0 Å². The van der Waals surface area contributed by atoms with E-state index < -0.39 is 21.4 Å². The summed E-state index contributed by atoms with van der Waals surface area (Å²) in [5.41, 5.74) is 4.67. The molecule has 0 saturated carbocycles. The molecule has 0 unspecified atom stereocenters. The number of nitrogen functional groups attached to an aromatic ring is 1. The highest BCUT2D eigenvalue weighted by molar-refractivity contribution is 7.89. The molecule has 0 aliphatic rings. The second-order valence-electron chi connectivity index (χ2n) is 4.65. The van der Waals surface area contributed by atoms with Crippen molar-refractivity contribution in [1.29, 1.82) is 0 Å². The van der Waals surface area contributed by atoms with Crippen LogP contribution in [0.1, 0.15) is 20.3 Å². The maximum Gasteiger partial charge on any atom is 0.243 e. The number of aliphatic hydroxyl groups is 1. The summed E-state index contributed by atoms with van der Waals surface area (Å²) in [5.74, 6) is -0.676. The van der Waals surface area contributed by atoms with Gasteiger partial charge in [0.2, 0.25) is 10.0 Å². The summed E-state index contributed by atoms with van der Waals surface area (Å²) in [7, 11) is -3.92. The van der Waals surface area contributed by atoms with E-state index in [9.17, 15) is 12.8 Å².